The molecule has 1 aromatic rings. The van der Waals surface area contributed by atoms with Gasteiger partial charge in [0.15, 0.2) is 0 Å². The molecule has 9 heteroatoms. The summed E-state index contributed by atoms with van der Waals surface area (Å²) in [5.74, 6) is -1.19. The first-order valence-electron chi connectivity index (χ1n) is 4.55. The van der Waals surface area contributed by atoms with Crippen LogP contribution < -0.4 is 21.9 Å². The summed E-state index contributed by atoms with van der Waals surface area (Å²) >= 11 is 0. The van der Waals surface area contributed by atoms with Gasteiger partial charge in [-0.25, -0.2) is 9.79 Å². The van der Waals surface area contributed by atoms with Crippen molar-refractivity contribution in [1.29, 1.82) is 0 Å². The molecule has 88 valence electrons. The van der Waals surface area contributed by atoms with Crippen LogP contribution in [0.25, 0.3) is 0 Å². The second-order valence-electron chi connectivity index (χ2n) is 3.19. The van der Waals surface area contributed by atoms with Crippen molar-refractivity contribution in [3.05, 3.63) is 27.0 Å². The molecule has 2 heterocycles. The van der Waals surface area contributed by atoms with Gasteiger partial charge < -0.3 is 4.98 Å². The molecule has 0 unspecified atom stereocenters. The number of hydrogen-bond donors (Lipinski definition) is 4. The molecule has 1 aromatic heterocycles. The lowest BCUT2D eigenvalue weighted by molar-refractivity contribution is -0.129. The summed E-state index contributed by atoms with van der Waals surface area (Å²) in [4.78, 5) is 51.9. The largest absolute Gasteiger partial charge is 0.325 e. The predicted octanol–water partition coefficient (Wildman–Crippen LogP) is -2.31. The van der Waals surface area contributed by atoms with Crippen LogP contribution in [0.1, 0.15) is 6.42 Å². The second-order valence-corrected chi connectivity index (χ2v) is 3.19. The van der Waals surface area contributed by atoms with E-state index in [0.717, 1.165) is 6.20 Å². The number of nitrogens with zero attached hydrogens (tertiary/aromatic N) is 1. The third kappa shape index (κ3) is 2.45. The van der Waals surface area contributed by atoms with Gasteiger partial charge in [-0.05, 0) is 0 Å². The zero-order valence-corrected chi connectivity index (χ0v) is 8.36. The minimum Gasteiger partial charge on any atom is -0.312 e. The molecular formula is C8H7N5O4. The third-order valence-corrected chi connectivity index (χ3v) is 1.87. The fourth-order valence-corrected chi connectivity index (χ4v) is 1.19. The zero-order chi connectivity index (χ0) is 12.4. The number of hydrogen-bond acceptors (Lipinski definition) is 5. The van der Waals surface area contributed by atoms with Crippen molar-refractivity contribution >= 4 is 23.5 Å². The number of aromatic nitrogens is 2. The molecule has 0 saturated carbocycles. The van der Waals surface area contributed by atoms with Crippen LogP contribution in [-0.2, 0) is 9.59 Å². The highest BCUT2D eigenvalue weighted by molar-refractivity contribution is 6.16. The lowest BCUT2D eigenvalue weighted by atomic mass is 10.3. The van der Waals surface area contributed by atoms with Gasteiger partial charge in [0.2, 0.25) is 17.8 Å². The van der Waals surface area contributed by atoms with Gasteiger partial charge in [-0.1, -0.05) is 0 Å². The number of H-pyrrole nitrogens is 2. The van der Waals surface area contributed by atoms with Gasteiger partial charge in [0.05, 0.1) is 0 Å². The molecule has 1 aliphatic rings. The zero-order valence-electron chi connectivity index (χ0n) is 8.36. The van der Waals surface area contributed by atoms with Crippen LogP contribution in [-0.4, -0.2) is 27.7 Å². The van der Waals surface area contributed by atoms with Crippen molar-refractivity contribution in [1.82, 2.24) is 20.6 Å². The van der Waals surface area contributed by atoms with E-state index in [0.29, 0.717) is 0 Å². The molecule has 1 saturated heterocycles. The summed E-state index contributed by atoms with van der Waals surface area (Å²) in [6.45, 7) is 0. The topological polar surface area (TPSA) is 136 Å². The molecule has 9 nitrogen and oxygen atoms in total. The summed E-state index contributed by atoms with van der Waals surface area (Å²) in [6, 6.07) is 0. The first-order valence-corrected chi connectivity index (χ1v) is 4.55. The molecule has 0 bridgehead atoms. The van der Waals surface area contributed by atoms with Gasteiger partial charge in [-0.2, -0.15) is 0 Å². The number of guanidine groups is 1. The van der Waals surface area contributed by atoms with E-state index in [1.165, 1.54) is 0 Å². The fourth-order valence-electron chi connectivity index (χ4n) is 1.19. The maximum atomic E-state index is 11.3. The number of aliphatic imine (C=N–C) groups is 1. The predicted molar refractivity (Wildman–Crippen MR) is 55.7 cm³/mol. The number of amides is 2. The maximum absolute atomic E-state index is 11.3. The minimum atomic E-state index is -0.727. The van der Waals surface area contributed by atoms with E-state index in [1.54, 1.807) is 0 Å². The van der Waals surface area contributed by atoms with Crippen LogP contribution in [0.5, 0.6) is 0 Å². The molecule has 0 aromatic carbocycles. The van der Waals surface area contributed by atoms with E-state index in [-0.39, 0.29) is 18.1 Å². The van der Waals surface area contributed by atoms with Crippen molar-refractivity contribution < 1.29 is 9.59 Å². The molecule has 0 radical (unpaired) electrons. The van der Waals surface area contributed by atoms with Crippen LogP contribution in [0.4, 0.5) is 5.69 Å². The van der Waals surface area contributed by atoms with Gasteiger partial charge in [0.1, 0.15) is 12.1 Å². The second kappa shape index (κ2) is 4.04. The highest BCUT2D eigenvalue weighted by Crippen LogP contribution is 1.99. The van der Waals surface area contributed by atoms with Crippen molar-refractivity contribution in [3.63, 3.8) is 0 Å². The van der Waals surface area contributed by atoms with Gasteiger partial charge in [0.25, 0.3) is 5.56 Å². The highest BCUT2D eigenvalue weighted by atomic mass is 16.2. The molecule has 1 fully saturated rings. The number of rotatable bonds is 1. The standard InChI is InChI=1S/C8H7N5O4/c14-4-1-5(15)12-7(11-4)10-3-2-9-8(17)13-6(3)16/h2H,1H2,(H2,9,13,16,17)(H2,10,11,12,14,15). The summed E-state index contributed by atoms with van der Waals surface area (Å²) in [7, 11) is 0. The summed E-state index contributed by atoms with van der Waals surface area (Å²) in [6.07, 6.45) is 0.780. The Hall–Kier alpha value is -2.71. The first-order chi connectivity index (χ1) is 8.04. The lowest BCUT2D eigenvalue weighted by Crippen LogP contribution is -2.50. The van der Waals surface area contributed by atoms with Crippen LogP contribution in [0, 0.1) is 0 Å². The number of carbonyl (C=O) groups excluding carboxylic acids is 2. The Morgan fingerprint density at radius 3 is 2.29 bits per heavy atom. The number of nitrogens with one attached hydrogen (secondary N) is 4. The highest BCUT2D eigenvalue weighted by Gasteiger charge is 2.19. The van der Waals surface area contributed by atoms with E-state index in [9.17, 15) is 19.2 Å². The van der Waals surface area contributed by atoms with Crippen LogP contribution >= 0.6 is 0 Å². The SMILES string of the molecule is O=C1CC(=O)NC(=Nc2c[nH]c(=O)[nH]c2=O)N1. The first kappa shape index (κ1) is 10.8. The van der Waals surface area contributed by atoms with Gasteiger partial charge >= 0.3 is 5.69 Å². The summed E-state index contributed by atoms with van der Waals surface area (Å²) < 4.78 is 0. The molecule has 0 aliphatic carbocycles. The molecule has 4 N–H and O–H groups in total. The van der Waals surface area contributed by atoms with Crippen molar-refractivity contribution in [2.45, 2.75) is 6.42 Å². The van der Waals surface area contributed by atoms with E-state index < -0.39 is 23.1 Å². The van der Waals surface area contributed by atoms with Crippen molar-refractivity contribution in [2.24, 2.45) is 4.99 Å². The summed E-state index contributed by atoms with van der Waals surface area (Å²) in [5.41, 5.74) is -1.53. The van der Waals surface area contributed by atoms with Crippen molar-refractivity contribution in [2.75, 3.05) is 0 Å². The normalized spacial score (nSPS) is 15.2. The van der Waals surface area contributed by atoms with Crippen LogP contribution in [0.15, 0.2) is 20.8 Å². The lowest BCUT2D eigenvalue weighted by Gasteiger charge is -2.14. The molecule has 2 rings (SSSR count). The Labute approximate surface area is 93.0 Å². The fraction of sp³-hybridized carbons (Fsp3) is 0.125. The monoisotopic (exact) mass is 237 g/mol. The summed E-state index contributed by atoms with van der Waals surface area (Å²) in [5, 5.41) is 4.54. The Bertz CT molecular complexity index is 607. The third-order valence-electron chi connectivity index (χ3n) is 1.87. The van der Waals surface area contributed by atoms with Gasteiger partial charge in [-0.3, -0.25) is 30.0 Å². The molecular weight excluding hydrogens is 230 g/mol. The average Bonchev–Trinajstić information content (AvgIpc) is 2.21. The van der Waals surface area contributed by atoms with Crippen LogP contribution in [0.2, 0.25) is 0 Å². The van der Waals surface area contributed by atoms with E-state index in [2.05, 4.69) is 20.6 Å². The Kier molecular flexibility index (Phi) is 2.57. The Morgan fingerprint density at radius 1 is 1.06 bits per heavy atom. The minimum absolute atomic E-state index is 0.137. The van der Waals surface area contributed by atoms with E-state index >= 15 is 0 Å². The number of carbonyl (C=O) groups is 2. The van der Waals surface area contributed by atoms with E-state index in [4.69, 9.17) is 0 Å². The molecule has 2 amide bonds. The quantitative estimate of drug-likeness (QED) is 0.408. The molecule has 17 heavy (non-hydrogen) atoms. The maximum Gasteiger partial charge on any atom is 0.325 e. The molecule has 1 aliphatic heterocycles. The van der Waals surface area contributed by atoms with E-state index in [1.807, 2.05) is 4.98 Å². The Balaban J connectivity index is 2.35. The van der Waals surface area contributed by atoms with Crippen molar-refractivity contribution in [3.8, 4) is 0 Å². The smallest absolute Gasteiger partial charge is 0.312 e. The average molecular weight is 237 g/mol. The Morgan fingerprint density at radius 2 is 1.71 bits per heavy atom. The molecule has 0 atom stereocenters. The van der Waals surface area contributed by atoms with Gasteiger partial charge in [0, 0.05) is 6.20 Å². The number of aromatic amines is 2. The molecule has 0 spiro atoms. The van der Waals surface area contributed by atoms with Gasteiger partial charge in [-0.15, -0.1) is 0 Å². The van der Waals surface area contributed by atoms with Crippen LogP contribution in [0.3, 0.4) is 0 Å².